The van der Waals surface area contributed by atoms with Crippen LogP contribution in [0.1, 0.15) is 22.3 Å². The highest BCUT2D eigenvalue weighted by molar-refractivity contribution is 6.34. The zero-order valence-corrected chi connectivity index (χ0v) is 14.7. The molecule has 0 spiro atoms. The molecule has 1 heterocycles. The molecule has 2 rings (SSSR count). The molecule has 1 N–H and O–H groups in total. The maximum atomic E-state index is 12.0. The van der Waals surface area contributed by atoms with Crippen LogP contribution in [0, 0.1) is 17.0 Å². The second-order valence-corrected chi connectivity index (χ2v) is 5.84. The molecule has 10 heteroatoms. The minimum absolute atomic E-state index is 0.00725. The second kappa shape index (κ2) is 8.95. The lowest BCUT2D eigenvalue weighted by Gasteiger charge is -2.08. The Kier molecular flexibility index (Phi) is 6.67. The van der Waals surface area contributed by atoms with Crippen molar-refractivity contribution in [2.24, 2.45) is 0 Å². The Balaban J connectivity index is 1.71. The van der Waals surface area contributed by atoms with E-state index in [1.54, 1.807) is 10.9 Å². The van der Waals surface area contributed by atoms with Crippen LogP contribution in [0.4, 0.5) is 5.69 Å². The van der Waals surface area contributed by atoms with Crippen LogP contribution in [0.5, 0.6) is 0 Å². The highest BCUT2D eigenvalue weighted by Crippen LogP contribution is 2.22. The van der Waals surface area contributed by atoms with Crippen molar-refractivity contribution in [2.75, 3.05) is 13.2 Å². The number of aromatic nitrogens is 2. The lowest BCUT2D eigenvalue weighted by Crippen LogP contribution is -2.28. The molecule has 9 nitrogen and oxygen atoms in total. The summed E-state index contributed by atoms with van der Waals surface area (Å²) < 4.78 is 6.67. The molecular formula is C16H17ClN4O5. The normalized spacial score (nSPS) is 10.4. The predicted octanol–water partition coefficient (Wildman–Crippen LogP) is 2.12. The van der Waals surface area contributed by atoms with Gasteiger partial charge in [-0.1, -0.05) is 11.6 Å². The van der Waals surface area contributed by atoms with E-state index in [1.165, 1.54) is 12.1 Å². The van der Waals surface area contributed by atoms with Gasteiger partial charge in [0, 0.05) is 18.3 Å². The number of carbonyl (C=O) groups is 2. The van der Waals surface area contributed by atoms with E-state index in [1.807, 2.05) is 13.1 Å². The van der Waals surface area contributed by atoms with Crippen LogP contribution in [0.15, 0.2) is 30.6 Å². The van der Waals surface area contributed by atoms with Gasteiger partial charge < -0.3 is 10.1 Å². The van der Waals surface area contributed by atoms with Crippen molar-refractivity contribution in [1.82, 2.24) is 15.1 Å². The third-order valence-electron chi connectivity index (χ3n) is 3.37. The number of nitro groups is 1. The molecule has 0 atom stereocenters. The second-order valence-electron chi connectivity index (χ2n) is 5.43. The molecule has 0 aliphatic heterocycles. The summed E-state index contributed by atoms with van der Waals surface area (Å²) in [6.07, 6.45) is 3.69. The number of amides is 1. The first-order valence-electron chi connectivity index (χ1n) is 7.73. The molecule has 1 aromatic heterocycles. The first kappa shape index (κ1) is 19.4. The Bertz CT molecular complexity index is 821. The Morgan fingerprint density at radius 1 is 1.42 bits per heavy atom. The van der Waals surface area contributed by atoms with Crippen LogP contribution in [-0.4, -0.2) is 39.7 Å². The third-order valence-corrected chi connectivity index (χ3v) is 3.68. The highest BCUT2D eigenvalue weighted by Gasteiger charge is 2.14. The molecule has 0 saturated carbocycles. The number of esters is 1. The molecule has 0 bridgehead atoms. The highest BCUT2D eigenvalue weighted by atomic mass is 35.5. The minimum atomic E-state index is -0.600. The third kappa shape index (κ3) is 5.55. The van der Waals surface area contributed by atoms with E-state index < -0.39 is 16.8 Å². The van der Waals surface area contributed by atoms with Gasteiger partial charge in [-0.2, -0.15) is 5.10 Å². The maximum absolute atomic E-state index is 12.0. The van der Waals surface area contributed by atoms with E-state index in [-0.39, 0.29) is 35.8 Å². The monoisotopic (exact) mass is 380 g/mol. The van der Waals surface area contributed by atoms with Crippen molar-refractivity contribution in [3.8, 4) is 0 Å². The number of nitro benzene ring substituents is 1. The summed E-state index contributed by atoms with van der Waals surface area (Å²) in [5.41, 5.74) is 0.913. The SMILES string of the molecule is Cc1cnn(CCC(=O)OCCNC(=O)c2ccc([N+](=O)[O-])cc2Cl)c1. The fourth-order valence-electron chi connectivity index (χ4n) is 2.09. The molecule has 0 unspecified atom stereocenters. The summed E-state index contributed by atoms with van der Waals surface area (Å²) >= 11 is 5.87. The molecule has 2 aromatic rings. The van der Waals surface area contributed by atoms with Crippen LogP contribution < -0.4 is 5.32 Å². The summed E-state index contributed by atoms with van der Waals surface area (Å²) in [4.78, 5) is 33.7. The van der Waals surface area contributed by atoms with Gasteiger partial charge in [0.15, 0.2) is 0 Å². The van der Waals surface area contributed by atoms with Crippen molar-refractivity contribution < 1.29 is 19.2 Å². The van der Waals surface area contributed by atoms with Gasteiger partial charge in [0.25, 0.3) is 11.6 Å². The van der Waals surface area contributed by atoms with Gasteiger partial charge in [0.05, 0.1) is 41.2 Å². The topological polar surface area (TPSA) is 116 Å². The zero-order valence-electron chi connectivity index (χ0n) is 14.0. The van der Waals surface area contributed by atoms with Crippen molar-refractivity contribution in [1.29, 1.82) is 0 Å². The summed E-state index contributed by atoms with van der Waals surface area (Å²) in [6.45, 7) is 2.42. The van der Waals surface area contributed by atoms with Gasteiger partial charge in [-0.3, -0.25) is 24.4 Å². The maximum Gasteiger partial charge on any atom is 0.307 e. The average molecular weight is 381 g/mol. The number of nitrogens with zero attached hydrogens (tertiary/aromatic N) is 3. The molecular weight excluding hydrogens is 364 g/mol. The summed E-state index contributed by atoms with van der Waals surface area (Å²) in [5, 5.41) is 17.2. The minimum Gasteiger partial charge on any atom is -0.464 e. The van der Waals surface area contributed by atoms with Crippen LogP contribution in [0.25, 0.3) is 0 Å². The first-order valence-corrected chi connectivity index (χ1v) is 8.11. The lowest BCUT2D eigenvalue weighted by atomic mass is 10.2. The number of carbonyl (C=O) groups excluding carboxylic acids is 2. The van der Waals surface area contributed by atoms with Gasteiger partial charge in [0.2, 0.25) is 0 Å². The number of benzene rings is 1. The van der Waals surface area contributed by atoms with E-state index in [2.05, 4.69) is 10.4 Å². The number of nitrogens with one attached hydrogen (secondary N) is 1. The van der Waals surface area contributed by atoms with Crippen LogP contribution in [-0.2, 0) is 16.1 Å². The zero-order chi connectivity index (χ0) is 19.1. The number of hydrogen-bond acceptors (Lipinski definition) is 6. The van der Waals surface area contributed by atoms with Gasteiger partial charge in [-0.25, -0.2) is 0 Å². The van der Waals surface area contributed by atoms with Crippen LogP contribution >= 0.6 is 11.6 Å². The molecule has 0 radical (unpaired) electrons. The number of hydrogen-bond donors (Lipinski definition) is 1. The van der Waals surface area contributed by atoms with Gasteiger partial charge in [-0.05, 0) is 18.6 Å². The Morgan fingerprint density at radius 3 is 2.81 bits per heavy atom. The van der Waals surface area contributed by atoms with Crippen molar-refractivity contribution in [3.05, 3.63) is 56.9 Å². The largest absolute Gasteiger partial charge is 0.464 e. The molecule has 0 aliphatic carbocycles. The fraction of sp³-hybridized carbons (Fsp3) is 0.312. The van der Waals surface area contributed by atoms with Crippen LogP contribution in [0.2, 0.25) is 5.02 Å². The number of non-ortho nitro benzene ring substituents is 1. The fourth-order valence-corrected chi connectivity index (χ4v) is 2.35. The van der Waals surface area contributed by atoms with Gasteiger partial charge in [0.1, 0.15) is 6.61 Å². The number of rotatable bonds is 8. The van der Waals surface area contributed by atoms with E-state index in [0.29, 0.717) is 6.54 Å². The smallest absolute Gasteiger partial charge is 0.307 e. The lowest BCUT2D eigenvalue weighted by molar-refractivity contribution is -0.384. The van der Waals surface area contributed by atoms with E-state index >= 15 is 0 Å². The number of halogens is 1. The molecule has 1 aromatic carbocycles. The number of ether oxygens (including phenoxy) is 1. The first-order chi connectivity index (χ1) is 12.4. The van der Waals surface area contributed by atoms with Crippen molar-refractivity contribution >= 4 is 29.2 Å². The van der Waals surface area contributed by atoms with Crippen molar-refractivity contribution in [2.45, 2.75) is 19.9 Å². The summed E-state index contributed by atoms with van der Waals surface area (Å²) in [5.74, 6) is -0.909. The van der Waals surface area contributed by atoms with Gasteiger partial charge in [-0.15, -0.1) is 0 Å². The Morgan fingerprint density at radius 2 is 2.19 bits per heavy atom. The molecule has 138 valence electrons. The molecule has 1 amide bonds. The molecule has 26 heavy (non-hydrogen) atoms. The summed E-state index contributed by atoms with van der Waals surface area (Å²) in [7, 11) is 0. The van der Waals surface area contributed by atoms with Crippen LogP contribution in [0.3, 0.4) is 0 Å². The van der Waals surface area contributed by atoms with Gasteiger partial charge >= 0.3 is 5.97 Å². The van der Waals surface area contributed by atoms with E-state index in [4.69, 9.17) is 16.3 Å². The van der Waals surface area contributed by atoms with E-state index in [9.17, 15) is 19.7 Å². The van der Waals surface area contributed by atoms with E-state index in [0.717, 1.165) is 11.6 Å². The standard InChI is InChI=1S/C16H17ClN4O5/c1-11-9-19-20(10-11)6-4-15(22)26-7-5-18-16(23)13-3-2-12(21(24)25)8-14(13)17/h2-3,8-10H,4-7H2,1H3,(H,18,23). The summed E-state index contributed by atoms with van der Waals surface area (Å²) in [6, 6.07) is 3.57. The Labute approximate surface area is 154 Å². The quantitative estimate of drug-likeness (QED) is 0.324. The Hall–Kier alpha value is -2.94. The van der Waals surface area contributed by atoms with Crippen molar-refractivity contribution in [3.63, 3.8) is 0 Å². The molecule has 0 aliphatic rings. The predicted molar refractivity (Wildman–Crippen MR) is 93.0 cm³/mol. The molecule has 0 saturated heterocycles. The molecule has 0 fully saturated rings. The number of aryl methyl sites for hydroxylation is 2. The average Bonchev–Trinajstić information content (AvgIpc) is 3.02.